The number of benzene rings is 2. The Bertz CT molecular complexity index is 1160. The van der Waals surface area contributed by atoms with Crippen LogP contribution in [0.3, 0.4) is 0 Å². The van der Waals surface area contributed by atoms with Crippen molar-refractivity contribution < 1.29 is 4.79 Å². The Balaban J connectivity index is 1.55. The van der Waals surface area contributed by atoms with Crippen molar-refractivity contribution in [2.75, 3.05) is 11.1 Å². The van der Waals surface area contributed by atoms with E-state index in [1.165, 1.54) is 11.8 Å². The number of carbonyl (C=O) groups is 1. The Labute approximate surface area is 171 Å². The zero-order valence-electron chi connectivity index (χ0n) is 15.2. The Kier molecular flexibility index (Phi) is 5.45. The number of amides is 1. The average Bonchev–Trinajstić information content (AvgIpc) is 3.00. The van der Waals surface area contributed by atoms with Gasteiger partial charge in [-0.05, 0) is 30.7 Å². The molecule has 0 unspecified atom stereocenters. The van der Waals surface area contributed by atoms with Gasteiger partial charge in [-0.15, -0.1) is 10.2 Å². The van der Waals surface area contributed by atoms with Gasteiger partial charge in [0, 0.05) is 22.6 Å². The molecule has 0 aliphatic carbocycles. The summed E-state index contributed by atoms with van der Waals surface area (Å²) in [5, 5.41) is 13.5. The molecule has 8 heteroatoms. The van der Waals surface area contributed by atoms with Crippen LogP contribution in [0.15, 0.2) is 53.7 Å². The van der Waals surface area contributed by atoms with Gasteiger partial charge in [-0.3, -0.25) is 4.79 Å². The molecule has 0 radical (unpaired) electrons. The lowest BCUT2D eigenvalue weighted by Crippen LogP contribution is -2.14. The molecule has 0 bridgehead atoms. The first-order chi connectivity index (χ1) is 13.7. The van der Waals surface area contributed by atoms with Crippen LogP contribution in [-0.4, -0.2) is 31.4 Å². The van der Waals surface area contributed by atoms with Gasteiger partial charge in [0.05, 0.1) is 11.3 Å². The van der Waals surface area contributed by atoms with Crippen molar-refractivity contribution >= 4 is 57.0 Å². The fraction of sp³-hybridized carbons (Fsp3) is 0.200. The van der Waals surface area contributed by atoms with Gasteiger partial charge in [0.25, 0.3) is 0 Å². The topological polar surface area (TPSA) is 72.7 Å². The molecule has 28 heavy (non-hydrogen) atoms. The van der Waals surface area contributed by atoms with Crippen LogP contribution < -0.4 is 5.32 Å². The molecule has 2 aromatic heterocycles. The predicted octanol–water partition coefficient (Wildman–Crippen LogP) is 4.77. The number of carbonyl (C=O) groups excluding carboxylic acids is 1. The molecule has 2 aromatic carbocycles. The predicted molar refractivity (Wildman–Crippen MR) is 114 cm³/mol. The number of rotatable bonds is 6. The minimum absolute atomic E-state index is 0.148. The van der Waals surface area contributed by atoms with Crippen molar-refractivity contribution in [3.05, 3.63) is 53.6 Å². The summed E-state index contributed by atoms with van der Waals surface area (Å²) in [6.45, 7) is 2.98. The maximum absolute atomic E-state index is 12.2. The van der Waals surface area contributed by atoms with Crippen LogP contribution in [0.25, 0.3) is 22.1 Å². The third kappa shape index (κ3) is 3.81. The summed E-state index contributed by atoms with van der Waals surface area (Å²) in [5.74, 6) is 0.0401. The van der Waals surface area contributed by atoms with E-state index < -0.39 is 0 Å². The summed E-state index contributed by atoms with van der Waals surface area (Å²) in [6.07, 6.45) is 0.988. The van der Waals surface area contributed by atoms with Gasteiger partial charge in [-0.2, -0.15) is 0 Å². The molecule has 0 spiro atoms. The van der Waals surface area contributed by atoms with E-state index in [1.807, 2.05) is 18.2 Å². The summed E-state index contributed by atoms with van der Waals surface area (Å²) in [5.41, 5.74) is 3.35. The summed E-state index contributed by atoms with van der Waals surface area (Å²) in [4.78, 5) is 16.9. The Hall–Kier alpha value is -2.64. The Morgan fingerprint density at radius 1 is 1.18 bits per heavy atom. The maximum atomic E-state index is 12.2. The molecule has 1 N–H and O–H groups in total. The van der Waals surface area contributed by atoms with E-state index in [9.17, 15) is 4.79 Å². The zero-order chi connectivity index (χ0) is 19.5. The lowest BCUT2D eigenvalue weighted by molar-refractivity contribution is -0.113. The number of hydrogen-bond acceptors (Lipinski definition) is 5. The Morgan fingerprint density at radius 3 is 2.86 bits per heavy atom. The molecular formula is C20H18ClN5OS. The van der Waals surface area contributed by atoms with E-state index in [4.69, 9.17) is 11.6 Å². The van der Waals surface area contributed by atoms with Gasteiger partial charge in [-0.1, -0.05) is 54.6 Å². The number of nitrogens with zero attached hydrogens (tertiary/aromatic N) is 4. The normalized spacial score (nSPS) is 11.2. The molecule has 2 heterocycles. The fourth-order valence-corrected chi connectivity index (χ4v) is 3.87. The van der Waals surface area contributed by atoms with Crippen LogP contribution in [0.1, 0.15) is 13.3 Å². The standard InChI is InChI=1S/C20H18ClN5OS/c1-2-10-26-16-9-4-3-8-15(16)18-19(26)23-20(25-24-18)28-12-17(27)22-14-7-5-6-13(21)11-14/h3-9,11H,2,10,12H2,1H3,(H,22,27). The molecule has 4 rings (SSSR count). The van der Waals surface area contributed by atoms with Crippen molar-refractivity contribution in [3.63, 3.8) is 0 Å². The first-order valence-corrected chi connectivity index (χ1v) is 10.3. The van der Waals surface area contributed by atoms with Crippen LogP contribution in [0.5, 0.6) is 0 Å². The fourth-order valence-electron chi connectivity index (χ4n) is 3.09. The summed E-state index contributed by atoms with van der Waals surface area (Å²) in [7, 11) is 0. The van der Waals surface area contributed by atoms with Crippen molar-refractivity contribution in [1.29, 1.82) is 0 Å². The van der Waals surface area contributed by atoms with Crippen LogP contribution in [-0.2, 0) is 11.3 Å². The summed E-state index contributed by atoms with van der Waals surface area (Å²) >= 11 is 7.20. The highest BCUT2D eigenvalue weighted by Gasteiger charge is 2.15. The van der Waals surface area contributed by atoms with Crippen LogP contribution in [0.4, 0.5) is 5.69 Å². The van der Waals surface area contributed by atoms with E-state index in [1.54, 1.807) is 24.3 Å². The number of thioether (sulfide) groups is 1. The minimum atomic E-state index is -0.148. The zero-order valence-corrected chi connectivity index (χ0v) is 16.8. The van der Waals surface area contributed by atoms with Crippen molar-refractivity contribution in [2.24, 2.45) is 0 Å². The van der Waals surface area contributed by atoms with Crippen molar-refractivity contribution in [3.8, 4) is 0 Å². The Morgan fingerprint density at radius 2 is 2.04 bits per heavy atom. The van der Waals surface area contributed by atoms with Gasteiger partial charge in [-0.25, -0.2) is 4.98 Å². The number of aromatic nitrogens is 4. The quantitative estimate of drug-likeness (QED) is 0.462. The molecule has 0 saturated heterocycles. The number of aryl methyl sites for hydroxylation is 1. The molecular weight excluding hydrogens is 394 g/mol. The highest BCUT2D eigenvalue weighted by Crippen LogP contribution is 2.27. The second-order valence-electron chi connectivity index (χ2n) is 6.28. The summed E-state index contributed by atoms with van der Waals surface area (Å²) < 4.78 is 2.16. The number of halogens is 1. The molecule has 4 aromatic rings. The first-order valence-electron chi connectivity index (χ1n) is 8.95. The third-order valence-electron chi connectivity index (χ3n) is 4.24. The number of fused-ring (bicyclic) bond motifs is 3. The SMILES string of the molecule is CCCn1c2ccccc2c2nnc(SCC(=O)Nc3cccc(Cl)c3)nc21. The van der Waals surface area contributed by atoms with E-state index in [-0.39, 0.29) is 11.7 Å². The molecule has 0 fully saturated rings. The molecule has 1 amide bonds. The van der Waals surface area contributed by atoms with Crippen molar-refractivity contribution in [1.82, 2.24) is 19.7 Å². The molecule has 0 aliphatic rings. The highest BCUT2D eigenvalue weighted by atomic mass is 35.5. The summed E-state index contributed by atoms with van der Waals surface area (Å²) in [6, 6.07) is 15.2. The van der Waals surface area contributed by atoms with Crippen molar-refractivity contribution in [2.45, 2.75) is 25.0 Å². The minimum Gasteiger partial charge on any atom is -0.325 e. The molecule has 0 saturated carbocycles. The van der Waals surface area contributed by atoms with Gasteiger partial charge >= 0.3 is 0 Å². The van der Waals surface area contributed by atoms with Crippen LogP contribution >= 0.6 is 23.4 Å². The van der Waals surface area contributed by atoms with Gasteiger partial charge in [0.1, 0.15) is 5.52 Å². The van der Waals surface area contributed by atoms with Crippen LogP contribution in [0.2, 0.25) is 5.02 Å². The average molecular weight is 412 g/mol. The molecule has 142 valence electrons. The van der Waals surface area contributed by atoms with Gasteiger partial charge in [0.2, 0.25) is 11.1 Å². The smallest absolute Gasteiger partial charge is 0.234 e. The lowest BCUT2D eigenvalue weighted by atomic mass is 10.2. The third-order valence-corrected chi connectivity index (χ3v) is 5.32. The molecule has 6 nitrogen and oxygen atoms in total. The second-order valence-corrected chi connectivity index (χ2v) is 7.66. The van der Waals surface area contributed by atoms with Gasteiger partial charge < -0.3 is 9.88 Å². The van der Waals surface area contributed by atoms with E-state index in [0.29, 0.717) is 15.9 Å². The van der Waals surface area contributed by atoms with E-state index in [0.717, 1.165) is 35.0 Å². The van der Waals surface area contributed by atoms with Crippen LogP contribution in [0, 0.1) is 0 Å². The van der Waals surface area contributed by atoms with Gasteiger partial charge in [0.15, 0.2) is 5.65 Å². The number of anilines is 1. The number of hydrogen-bond donors (Lipinski definition) is 1. The second kappa shape index (κ2) is 8.16. The molecule has 0 aliphatic heterocycles. The maximum Gasteiger partial charge on any atom is 0.234 e. The lowest BCUT2D eigenvalue weighted by Gasteiger charge is -2.06. The largest absolute Gasteiger partial charge is 0.325 e. The molecule has 0 atom stereocenters. The van der Waals surface area contributed by atoms with E-state index >= 15 is 0 Å². The first kappa shape index (κ1) is 18.7. The number of para-hydroxylation sites is 1. The van der Waals surface area contributed by atoms with E-state index in [2.05, 4.69) is 38.1 Å². The number of nitrogens with one attached hydrogen (secondary N) is 1. The monoisotopic (exact) mass is 411 g/mol. The highest BCUT2D eigenvalue weighted by molar-refractivity contribution is 7.99.